The molecule has 0 spiro atoms. The van der Waals surface area contributed by atoms with Crippen LogP contribution in [0.15, 0.2) is 48.8 Å². The van der Waals surface area contributed by atoms with Crippen molar-refractivity contribution in [2.45, 2.75) is 72.8 Å². The highest BCUT2D eigenvalue weighted by Gasteiger charge is 2.29. The molecule has 1 aromatic carbocycles. The minimum absolute atomic E-state index is 0.0629. The number of carboxylic acid groups (broad SMARTS) is 1. The van der Waals surface area contributed by atoms with Crippen molar-refractivity contribution in [1.29, 1.82) is 0 Å². The van der Waals surface area contributed by atoms with Crippen molar-refractivity contribution in [3.63, 3.8) is 0 Å². The number of piperidine rings is 1. The number of rotatable bonds is 8. The minimum Gasteiger partial charge on any atom is -0.492 e. The molecule has 8 heteroatoms. The SMILES string of the molecule is CC(C)(C)O.Cc1ncc(-c2ccc(OCCc3cccc(Cl)c3)cn2)c(N2CCC(C)(C)CC2)c1CC(=O)O. The van der Waals surface area contributed by atoms with E-state index in [0.717, 1.165) is 71.1 Å². The molecule has 3 heterocycles. The Morgan fingerprint density at radius 1 is 1.10 bits per heavy atom. The van der Waals surface area contributed by atoms with Crippen LogP contribution in [0.2, 0.25) is 5.02 Å². The second kappa shape index (κ2) is 13.5. The number of anilines is 1. The molecular weight excluding hydrogens is 526 g/mol. The van der Waals surface area contributed by atoms with E-state index < -0.39 is 11.6 Å². The van der Waals surface area contributed by atoms with Crippen molar-refractivity contribution in [3.05, 3.63) is 70.6 Å². The van der Waals surface area contributed by atoms with E-state index in [0.29, 0.717) is 12.4 Å². The van der Waals surface area contributed by atoms with Gasteiger partial charge in [0.15, 0.2) is 0 Å². The number of halogens is 1. The predicted molar refractivity (Wildman–Crippen MR) is 161 cm³/mol. The van der Waals surface area contributed by atoms with Crippen molar-refractivity contribution >= 4 is 23.3 Å². The van der Waals surface area contributed by atoms with Crippen LogP contribution in [-0.4, -0.2) is 51.4 Å². The number of hydrogen-bond donors (Lipinski definition) is 2. The van der Waals surface area contributed by atoms with Gasteiger partial charge in [-0.25, -0.2) is 0 Å². The Morgan fingerprint density at radius 2 is 1.77 bits per heavy atom. The second-order valence-electron chi connectivity index (χ2n) is 12.1. The van der Waals surface area contributed by atoms with E-state index in [1.807, 2.05) is 49.5 Å². The number of aryl methyl sites for hydroxylation is 1. The predicted octanol–water partition coefficient (Wildman–Crippen LogP) is 6.76. The van der Waals surface area contributed by atoms with Crippen LogP contribution >= 0.6 is 11.6 Å². The zero-order valence-corrected chi connectivity index (χ0v) is 25.3. The number of aliphatic hydroxyl groups is 1. The Kier molecular flexibility index (Phi) is 10.6. The second-order valence-corrected chi connectivity index (χ2v) is 12.5. The summed E-state index contributed by atoms with van der Waals surface area (Å²) in [4.78, 5) is 23.2. The standard InChI is InChI=1S/C28H32ClN3O3.C4H10O/c1-19-23(16-26(33)34)27(32-12-10-28(2,3)11-13-32)24(18-30-19)25-8-7-22(17-31-25)35-14-9-20-5-4-6-21(29)15-20;1-4(2,3)5/h4-8,15,17-18H,9-14,16H2,1-3H3,(H,33,34);5H,1-3H3. The average Bonchev–Trinajstić information content (AvgIpc) is 2.85. The Labute approximate surface area is 243 Å². The number of carbonyl (C=O) groups is 1. The van der Waals surface area contributed by atoms with E-state index >= 15 is 0 Å². The lowest BCUT2D eigenvalue weighted by Gasteiger charge is -2.40. The van der Waals surface area contributed by atoms with Gasteiger partial charge in [0.1, 0.15) is 5.75 Å². The van der Waals surface area contributed by atoms with E-state index in [2.05, 4.69) is 28.7 Å². The van der Waals surface area contributed by atoms with Gasteiger partial charge in [0.25, 0.3) is 0 Å². The topological polar surface area (TPSA) is 95.8 Å². The molecule has 0 amide bonds. The maximum absolute atomic E-state index is 11.7. The highest BCUT2D eigenvalue weighted by Crippen LogP contribution is 2.39. The Balaban J connectivity index is 0.000000810. The third kappa shape index (κ3) is 9.79. The average molecular weight is 568 g/mol. The molecule has 1 fully saturated rings. The zero-order valence-electron chi connectivity index (χ0n) is 24.5. The van der Waals surface area contributed by atoms with E-state index in [9.17, 15) is 9.90 Å². The van der Waals surface area contributed by atoms with E-state index in [1.54, 1.807) is 27.0 Å². The van der Waals surface area contributed by atoms with Crippen molar-refractivity contribution < 1.29 is 19.7 Å². The summed E-state index contributed by atoms with van der Waals surface area (Å²) in [6.45, 7) is 13.9. The molecule has 0 atom stereocenters. The summed E-state index contributed by atoms with van der Waals surface area (Å²) < 4.78 is 5.90. The quantitative estimate of drug-likeness (QED) is 0.310. The van der Waals surface area contributed by atoms with Crippen molar-refractivity contribution in [2.75, 3.05) is 24.6 Å². The van der Waals surface area contributed by atoms with Gasteiger partial charge in [-0.3, -0.25) is 14.8 Å². The van der Waals surface area contributed by atoms with Crippen molar-refractivity contribution in [3.8, 4) is 17.0 Å². The monoisotopic (exact) mass is 567 g/mol. The molecule has 0 unspecified atom stereocenters. The van der Waals surface area contributed by atoms with Gasteiger partial charge in [-0.15, -0.1) is 0 Å². The lowest BCUT2D eigenvalue weighted by atomic mass is 9.82. The summed E-state index contributed by atoms with van der Waals surface area (Å²) in [7, 11) is 0. The van der Waals surface area contributed by atoms with E-state index in [1.165, 1.54) is 0 Å². The normalized spacial score (nSPS) is 14.8. The number of aliphatic carboxylic acids is 1. The fraction of sp³-hybridized carbons (Fsp3) is 0.469. The molecule has 0 saturated carbocycles. The molecule has 7 nitrogen and oxygen atoms in total. The van der Waals surface area contributed by atoms with Gasteiger partial charge in [0.05, 0.1) is 36.2 Å². The van der Waals surface area contributed by atoms with Crippen LogP contribution in [0.4, 0.5) is 5.69 Å². The first kappa shape index (κ1) is 31.4. The summed E-state index contributed by atoms with van der Waals surface area (Å²) >= 11 is 6.06. The van der Waals surface area contributed by atoms with Crippen LogP contribution in [0, 0.1) is 12.3 Å². The number of carboxylic acids is 1. The summed E-state index contributed by atoms with van der Waals surface area (Å²) in [5, 5.41) is 18.8. The maximum Gasteiger partial charge on any atom is 0.307 e. The molecule has 1 aliphatic heterocycles. The first-order valence-electron chi connectivity index (χ1n) is 13.7. The van der Waals surface area contributed by atoms with Gasteiger partial charge in [0, 0.05) is 47.6 Å². The number of benzene rings is 1. The van der Waals surface area contributed by atoms with Crippen LogP contribution in [-0.2, 0) is 17.6 Å². The van der Waals surface area contributed by atoms with Gasteiger partial charge in [-0.05, 0) is 75.8 Å². The Hall–Kier alpha value is -3.16. The summed E-state index contributed by atoms with van der Waals surface area (Å²) in [6.07, 6.45) is 6.32. The molecule has 3 aromatic rings. The number of nitrogens with zero attached hydrogens (tertiary/aromatic N) is 3. The third-order valence-electron chi connectivity index (χ3n) is 6.69. The Morgan fingerprint density at radius 3 is 2.35 bits per heavy atom. The van der Waals surface area contributed by atoms with Gasteiger partial charge in [0.2, 0.25) is 0 Å². The van der Waals surface area contributed by atoms with Gasteiger partial charge < -0.3 is 19.8 Å². The molecule has 2 N–H and O–H groups in total. The van der Waals surface area contributed by atoms with Crippen molar-refractivity contribution in [1.82, 2.24) is 9.97 Å². The fourth-order valence-electron chi connectivity index (χ4n) is 4.49. The zero-order chi connectivity index (χ0) is 29.5. The van der Waals surface area contributed by atoms with Crippen molar-refractivity contribution in [2.24, 2.45) is 5.41 Å². The van der Waals surface area contributed by atoms with E-state index in [-0.39, 0.29) is 11.8 Å². The molecule has 0 radical (unpaired) electrons. The highest BCUT2D eigenvalue weighted by atomic mass is 35.5. The van der Waals surface area contributed by atoms with Crippen LogP contribution in [0.3, 0.4) is 0 Å². The molecule has 4 rings (SSSR count). The fourth-order valence-corrected chi connectivity index (χ4v) is 4.70. The number of ether oxygens (including phenoxy) is 1. The molecule has 216 valence electrons. The van der Waals surface area contributed by atoms with Crippen LogP contribution < -0.4 is 9.64 Å². The van der Waals surface area contributed by atoms with Crippen LogP contribution in [0.25, 0.3) is 11.3 Å². The van der Waals surface area contributed by atoms with Gasteiger partial charge in [-0.2, -0.15) is 0 Å². The first-order chi connectivity index (χ1) is 18.7. The number of hydrogen-bond acceptors (Lipinski definition) is 6. The third-order valence-corrected chi connectivity index (χ3v) is 6.92. The molecule has 0 aliphatic carbocycles. The Bertz CT molecular complexity index is 1270. The van der Waals surface area contributed by atoms with Crippen LogP contribution in [0.5, 0.6) is 5.75 Å². The summed E-state index contributed by atoms with van der Waals surface area (Å²) in [6, 6.07) is 11.6. The minimum atomic E-state index is -0.859. The van der Waals surface area contributed by atoms with Gasteiger partial charge >= 0.3 is 5.97 Å². The van der Waals surface area contributed by atoms with E-state index in [4.69, 9.17) is 21.4 Å². The number of pyridine rings is 2. The maximum atomic E-state index is 11.7. The lowest BCUT2D eigenvalue weighted by molar-refractivity contribution is -0.136. The molecule has 40 heavy (non-hydrogen) atoms. The number of aromatic nitrogens is 2. The smallest absolute Gasteiger partial charge is 0.307 e. The molecule has 1 saturated heterocycles. The molecule has 2 aromatic heterocycles. The molecular formula is C32H42ClN3O4. The summed E-state index contributed by atoms with van der Waals surface area (Å²) in [5.74, 6) is -0.176. The first-order valence-corrected chi connectivity index (χ1v) is 14.1. The molecule has 0 bridgehead atoms. The lowest BCUT2D eigenvalue weighted by Crippen LogP contribution is -2.38. The van der Waals surface area contributed by atoms with Gasteiger partial charge in [-0.1, -0.05) is 37.6 Å². The largest absolute Gasteiger partial charge is 0.492 e. The summed E-state index contributed by atoms with van der Waals surface area (Å²) in [5.41, 5.74) is 4.97. The highest BCUT2D eigenvalue weighted by molar-refractivity contribution is 6.30. The van der Waals surface area contributed by atoms with Crippen LogP contribution in [0.1, 0.15) is 64.3 Å². The molecule has 1 aliphatic rings.